The van der Waals surface area contributed by atoms with E-state index < -0.39 is 0 Å². The molecule has 1 rings (SSSR count). The molecule has 0 spiro atoms. The number of nitrogens with one attached hydrogen (secondary N) is 1. The zero-order chi connectivity index (χ0) is 15.5. The Kier molecular flexibility index (Phi) is 10.3. The molecule has 126 valence electrons. The van der Waals surface area contributed by atoms with Crippen LogP contribution in [0, 0.1) is 0 Å². The van der Waals surface area contributed by atoms with Crippen LogP contribution in [0.5, 0.6) is 0 Å². The van der Waals surface area contributed by atoms with E-state index in [0.717, 1.165) is 19.4 Å². The second-order valence-electron chi connectivity index (χ2n) is 6.06. The van der Waals surface area contributed by atoms with Gasteiger partial charge in [0.1, 0.15) is 0 Å². The summed E-state index contributed by atoms with van der Waals surface area (Å²) in [5, 5.41) is 3.48. The normalized spacial score (nSPS) is 26.6. The standard InChI is InChI=1S/C17H35NO3/c1-5-7-8-9-10-14(3)21-16-13-15(18-6-2)17(16)20-12-11-19-4/h14-18H,5-13H2,1-4H3. The zero-order valence-electron chi connectivity index (χ0n) is 14.4. The van der Waals surface area contributed by atoms with Gasteiger partial charge in [0.15, 0.2) is 0 Å². The molecule has 4 unspecified atom stereocenters. The summed E-state index contributed by atoms with van der Waals surface area (Å²) in [6.45, 7) is 8.85. The van der Waals surface area contributed by atoms with Crippen molar-refractivity contribution < 1.29 is 14.2 Å². The van der Waals surface area contributed by atoms with Crippen LogP contribution in [0.25, 0.3) is 0 Å². The topological polar surface area (TPSA) is 39.7 Å². The van der Waals surface area contributed by atoms with Crippen LogP contribution >= 0.6 is 0 Å². The molecule has 1 aliphatic carbocycles. The molecule has 0 bridgehead atoms. The summed E-state index contributed by atoms with van der Waals surface area (Å²) in [5.41, 5.74) is 0. The van der Waals surface area contributed by atoms with E-state index >= 15 is 0 Å². The van der Waals surface area contributed by atoms with E-state index in [4.69, 9.17) is 14.2 Å². The van der Waals surface area contributed by atoms with Crippen LogP contribution in [0.2, 0.25) is 0 Å². The Morgan fingerprint density at radius 1 is 1.14 bits per heavy atom. The Morgan fingerprint density at radius 3 is 2.62 bits per heavy atom. The van der Waals surface area contributed by atoms with Gasteiger partial charge < -0.3 is 19.5 Å². The highest BCUT2D eigenvalue weighted by Crippen LogP contribution is 2.29. The minimum absolute atomic E-state index is 0.179. The largest absolute Gasteiger partial charge is 0.382 e. The molecule has 0 amide bonds. The molecule has 0 aromatic heterocycles. The Balaban J connectivity index is 2.24. The van der Waals surface area contributed by atoms with E-state index in [1.165, 1.54) is 25.7 Å². The molecule has 21 heavy (non-hydrogen) atoms. The summed E-state index contributed by atoms with van der Waals surface area (Å²) in [7, 11) is 1.71. The minimum atomic E-state index is 0.179. The summed E-state index contributed by atoms with van der Waals surface area (Å²) in [4.78, 5) is 0. The molecule has 0 radical (unpaired) electrons. The summed E-state index contributed by atoms with van der Waals surface area (Å²) in [6, 6.07) is 0.434. The van der Waals surface area contributed by atoms with Crippen molar-refractivity contribution in [2.45, 2.75) is 83.6 Å². The maximum absolute atomic E-state index is 6.18. The molecule has 0 aliphatic heterocycles. The van der Waals surface area contributed by atoms with Crippen LogP contribution in [0.15, 0.2) is 0 Å². The minimum Gasteiger partial charge on any atom is -0.382 e. The van der Waals surface area contributed by atoms with Gasteiger partial charge in [-0.25, -0.2) is 0 Å². The van der Waals surface area contributed by atoms with Gasteiger partial charge in [-0.1, -0.05) is 39.5 Å². The van der Waals surface area contributed by atoms with Gasteiger partial charge >= 0.3 is 0 Å². The average molecular weight is 301 g/mol. The summed E-state index contributed by atoms with van der Waals surface area (Å²) < 4.78 is 17.2. The van der Waals surface area contributed by atoms with Gasteiger partial charge in [0.05, 0.1) is 31.5 Å². The smallest absolute Gasteiger partial charge is 0.0991 e. The predicted octanol–water partition coefficient (Wildman–Crippen LogP) is 3.14. The molecule has 0 heterocycles. The van der Waals surface area contributed by atoms with Gasteiger partial charge in [0.2, 0.25) is 0 Å². The molecule has 1 fully saturated rings. The molecule has 0 aromatic rings. The Hall–Kier alpha value is -0.160. The van der Waals surface area contributed by atoms with Crippen molar-refractivity contribution in [3.63, 3.8) is 0 Å². The molecular formula is C17H35NO3. The van der Waals surface area contributed by atoms with Gasteiger partial charge in [0, 0.05) is 13.2 Å². The quantitative estimate of drug-likeness (QED) is 0.531. The van der Waals surface area contributed by atoms with Crippen LogP contribution in [-0.2, 0) is 14.2 Å². The van der Waals surface area contributed by atoms with Crippen molar-refractivity contribution in [2.24, 2.45) is 0 Å². The number of hydrogen-bond acceptors (Lipinski definition) is 4. The first-order valence-corrected chi connectivity index (χ1v) is 8.72. The van der Waals surface area contributed by atoms with E-state index in [0.29, 0.717) is 25.4 Å². The first kappa shape index (κ1) is 18.9. The second kappa shape index (κ2) is 11.4. The number of unbranched alkanes of at least 4 members (excludes halogenated alkanes) is 3. The van der Waals surface area contributed by atoms with Crippen molar-refractivity contribution in [3.8, 4) is 0 Å². The average Bonchev–Trinajstić information content (AvgIpc) is 2.47. The number of methoxy groups -OCH3 is 1. The lowest BCUT2D eigenvalue weighted by molar-refractivity contribution is -0.169. The highest BCUT2D eigenvalue weighted by atomic mass is 16.6. The zero-order valence-corrected chi connectivity index (χ0v) is 14.4. The molecule has 4 nitrogen and oxygen atoms in total. The molecule has 0 saturated heterocycles. The molecule has 1 saturated carbocycles. The fourth-order valence-electron chi connectivity index (χ4n) is 2.89. The highest BCUT2D eigenvalue weighted by molar-refractivity contribution is 4.97. The van der Waals surface area contributed by atoms with Gasteiger partial charge in [0.25, 0.3) is 0 Å². The third-order valence-electron chi connectivity index (χ3n) is 4.18. The van der Waals surface area contributed by atoms with Crippen molar-refractivity contribution in [2.75, 3.05) is 26.9 Å². The van der Waals surface area contributed by atoms with Crippen LogP contribution in [0.4, 0.5) is 0 Å². The summed E-state index contributed by atoms with van der Waals surface area (Å²) >= 11 is 0. The molecule has 1 aliphatic rings. The SMILES string of the molecule is CCCCCCC(C)OC1CC(NCC)C1OCCOC. The highest BCUT2D eigenvalue weighted by Gasteiger charge is 2.42. The Labute approximate surface area is 130 Å². The monoisotopic (exact) mass is 301 g/mol. The van der Waals surface area contributed by atoms with Crippen molar-refractivity contribution in [3.05, 3.63) is 0 Å². The van der Waals surface area contributed by atoms with E-state index in [1.807, 2.05) is 0 Å². The number of likely N-dealkylation sites (N-methyl/N-ethyl adjacent to an activating group) is 1. The van der Waals surface area contributed by atoms with Gasteiger partial charge in [-0.3, -0.25) is 0 Å². The lowest BCUT2D eigenvalue weighted by Gasteiger charge is -2.45. The predicted molar refractivity (Wildman–Crippen MR) is 86.8 cm³/mol. The van der Waals surface area contributed by atoms with Crippen LogP contribution in [0.3, 0.4) is 0 Å². The van der Waals surface area contributed by atoms with Gasteiger partial charge in [-0.05, 0) is 26.3 Å². The molecule has 4 atom stereocenters. The van der Waals surface area contributed by atoms with Crippen molar-refractivity contribution in [1.82, 2.24) is 5.32 Å². The number of ether oxygens (including phenoxy) is 3. The van der Waals surface area contributed by atoms with Crippen LogP contribution < -0.4 is 5.32 Å². The Morgan fingerprint density at radius 2 is 1.95 bits per heavy atom. The van der Waals surface area contributed by atoms with Crippen molar-refractivity contribution >= 4 is 0 Å². The third-order valence-corrected chi connectivity index (χ3v) is 4.18. The Bertz CT molecular complexity index is 250. The molecule has 1 N–H and O–H groups in total. The first-order valence-electron chi connectivity index (χ1n) is 8.72. The van der Waals surface area contributed by atoms with E-state index in [9.17, 15) is 0 Å². The number of rotatable bonds is 13. The fraction of sp³-hybridized carbons (Fsp3) is 1.00. The van der Waals surface area contributed by atoms with E-state index in [2.05, 4.69) is 26.1 Å². The maximum atomic E-state index is 6.18. The van der Waals surface area contributed by atoms with Crippen molar-refractivity contribution in [1.29, 1.82) is 0 Å². The fourth-order valence-corrected chi connectivity index (χ4v) is 2.89. The third kappa shape index (κ3) is 7.09. The number of hydrogen-bond donors (Lipinski definition) is 1. The lowest BCUT2D eigenvalue weighted by Crippen LogP contribution is -2.60. The second-order valence-corrected chi connectivity index (χ2v) is 6.06. The van der Waals surface area contributed by atoms with Crippen LogP contribution in [0.1, 0.15) is 59.3 Å². The summed E-state index contributed by atoms with van der Waals surface area (Å²) in [5.74, 6) is 0. The lowest BCUT2D eigenvalue weighted by atomic mass is 9.85. The maximum Gasteiger partial charge on any atom is 0.0991 e. The van der Waals surface area contributed by atoms with Gasteiger partial charge in [-0.2, -0.15) is 0 Å². The summed E-state index contributed by atoms with van der Waals surface area (Å²) in [6.07, 6.45) is 8.20. The van der Waals surface area contributed by atoms with E-state index in [1.54, 1.807) is 7.11 Å². The molecule has 0 aromatic carbocycles. The first-order chi connectivity index (χ1) is 10.2. The molecular weight excluding hydrogens is 266 g/mol. The van der Waals surface area contributed by atoms with Gasteiger partial charge in [-0.15, -0.1) is 0 Å². The van der Waals surface area contributed by atoms with E-state index in [-0.39, 0.29) is 12.2 Å². The van der Waals surface area contributed by atoms with Crippen LogP contribution in [-0.4, -0.2) is 51.2 Å². The molecule has 4 heteroatoms.